The molecule has 0 radical (unpaired) electrons. The molecule has 1 fully saturated rings. The van der Waals surface area contributed by atoms with Gasteiger partial charge in [0.25, 0.3) is 5.56 Å². The minimum atomic E-state index is -0.221. The Morgan fingerprint density at radius 1 is 0.923 bits per heavy atom. The van der Waals surface area contributed by atoms with Gasteiger partial charge in [0.15, 0.2) is 0 Å². The van der Waals surface area contributed by atoms with Gasteiger partial charge >= 0.3 is 0 Å². The molecular weight excluding hydrogens is 322 g/mol. The van der Waals surface area contributed by atoms with Gasteiger partial charge in [-0.15, -0.1) is 0 Å². The summed E-state index contributed by atoms with van der Waals surface area (Å²) in [4.78, 5) is 23.6. The Morgan fingerprint density at radius 3 is 2.73 bits per heavy atom. The van der Waals surface area contributed by atoms with Gasteiger partial charge in [-0.1, -0.05) is 30.3 Å². The van der Waals surface area contributed by atoms with E-state index in [0.717, 1.165) is 27.9 Å². The van der Waals surface area contributed by atoms with Gasteiger partial charge in [0.1, 0.15) is 0 Å². The summed E-state index contributed by atoms with van der Waals surface area (Å²) in [5.41, 5.74) is 6.00. The summed E-state index contributed by atoms with van der Waals surface area (Å²) in [5.74, 6) is 0.701. The average molecular weight is 339 g/mol. The molecule has 0 spiro atoms. The highest BCUT2D eigenvalue weighted by atomic mass is 16.1. The van der Waals surface area contributed by atoms with Crippen molar-refractivity contribution in [3.05, 3.63) is 83.0 Å². The van der Waals surface area contributed by atoms with Crippen molar-refractivity contribution in [2.75, 3.05) is 0 Å². The van der Waals surface area contributed by atoms with Crippen molar-refractivity contribution in [1.82, 2.24) is 15.0 Å². The lowest BCUT2D eigenvalue weighted by atomic mass is 9.96. The largest absolute Gasteiger partial charge is 0.346 e. The zero-order valence-corrected chi connectivity index (χ0v) is 14.1. The van der Waals surface area contributed by atoms with Crippen LogP contribution >= 0.6 is 0 Å². The van der Waals surface area contributed by atoms with Gasteiger partial charge in [-0.25, -0.2) is 0 Å². The van der Waals surface area contributed by atoms with E-state index in [1.807, 2.05) is 30.5 Å². The number of aromatic nitrogens is 3. The number of nitrogens with zero attached hydrogens (tertiary/aromatic N) is 2. The van der Waals surface area contributed by atoms with E-state index in [1.165, 1.54) is 24.7 Å². The Morgan fingerprint density at radius 2 is 1.85 bits per heavy atom. The number of benzene rings is 2. The second-order valence-electron chi connectivity index (χ2n) is 6.77. The first-order valence-corrected chi connectivity index (χ1v) is 8.83. The van der Waals surface area contributed by atoms with E-state index in [1.54, 1.807) is 0 Å². The zero-order valence-electron chi connectivity index (χ0n) is 14.1. The van der Waals surface area contributed by atoms with Crippen molar-refractivity contribution in [2.24, 2.45) is 0 Å². The normalized spacial score (nSPS) is 13.8. The van der Waals surface area contributed by atoms with Crippen molar-refractivity contribution in [2.45, 2.75) is 18.8 Å². The first-order valence-electron chi connectivity index (χ1n) is 8.83. The molecule has 4 heteroatoms. The quantitative estimate of drug-likeness (QED) is 0.596. The lowest BCUT2D eigenvalue weighted by molar-refractivity contribution is 1.13. The molecule has 4 nitrogen and oxygen atoms in total. The highest BCUT2D eigenvalue weighted by Gasteiger charge is 2.23. The molecule has 2 aromatic heterocycles. The van der Waals surface area contributed by atoms with Crippen molar-refractivity contribution in [3.63, 3.8) is 0 Å². The highest BCUT2D eigenvalue weighted by molar-refractivity contribution is 5.88. The fourth-order valence-electron chi connectivity index (χ4n) is 3.47. The predicted octanol–water partition coefficient (Wildman–Crippen LogP) is 4.53. The maximum absolute atomic E-state index is 12.1. The molecule has 0 atom stereocenters. The van der Waals surface area contributed by atoms with Crippen LogP contribution < -0.4 is 5.56 Å². The number of H-pyrrole nitrogens is 1. The second-order valence-corrected chi connectivity index (χ2v) is 6.77. The van der Waals surface area contributed by atoms with E-state index in [2.05, 4.69) is 45.3 Å². The molecule has 26 heavy (non-hydrogen) atoms. The van der Waals surface area contributed by atoms with Crippen LogP contribution in [0.4, 0.5) is 0 Å². The third-order valence-electron chi connectivity index (χ3n) is 4.98. The molecule has 0 amide bonds. The third kappa shape index (κ3) is 2.60. The minimum Gasteiger partial charge on any atom is -0.346 e. The standard InChI is InChI=1S/C22H17N3O/c26-22-19-12-16(8-9-20(19)24-13-25-22)18-5-2-10-23-21(18)17-4-1-3-15(11-17)14-6-7-14/h1-5,8-14H,6-7H2,(H,24,25,26). The van der Waals surface area contributed by atoms with E-state index in [9.17, 15) is 4.79 Å². The summed E-state index contributed by atoms with van der Waals surface area (Å²) < 4.78 is 0. The lowest BCUT2D eigenvalue weighted by Crippen LogP contribution is -2.06. The van der Waals surface area contributed by atoms with Crippen LogP contribution in [0.2, 0.25) is 0 Å². The number of fused-ring (bicyclic) bond motifs is 1. The van der Waals surface area contributed by atoms with Crippen LogP contribution in [0.25, 0.3) is 33.3 Å². The van der Waals surface area contributed by atoms with Crippen LogP contribution in [0.1, 0.15) is 24.3 Å². The molecule has 0 saturated heterocycles. The SMILES string of the molecule is O=c1nc[nH]c2ccc(-c3cccnc3-c3cccc(C4CC4)c3)cc12. The maximum atomic E-state index is 12.1. The number of hydrogen-bond donors (Lipinski definition) is 1. The zero-order chi connectivity index (χ0) is 17.5. The van der Waals surface area contributed by atoms with Gasteiger partial charge in [-0.3, -0.25) is 9.78 Å². The van der Waals surface area contributed by atoms with E-state index in [4.69, 9.17) is 0 Å². The van der Waals surface area contributed by atoms with E-state index in [0.29, 0.717) is 11.3 Å². The summed E-state index contributed by atoms with van der Waals surface area (Å²) in [6.45, 7) is 0. The summed E-state index contributed by atoms with van der Waals surface area (Å²) in [6.07, 6.45) is 5.80. The smallest absolute Gasteiger partial charge is 0.280 e. The van der Waals surface area contributed by atoms with Crippen LogP contribution in [0.5, 0.6) is 0 Å². The molecule has 0 unspecified atom stereocenters. The van der Waals surface area contributed by atoms with Crippen molar-refractivity contribution in [1.29, 1.82) is 0 Å². The monoisotopic (exact) mass is 339 g/mol. The summed E-state index contributed by atoms with van der Waals surface area (Å²) in [7, 11) is 0. The van der Waals surface area contributed by atoms with E-state index >= 15 is 0 Å². The Hall–Kier alpha value is -3.27. The van der Waals surface area contributed by atoms with Gasteiger partial charge in [0.05, 0.1) is 22.9 Å². The number of aromatic amines is 1. The lowest BCUT2D eigenvalue weighted by Gasteiger charge is -2.11. The summed E-state index contributed by atoms with van der Waals surface area (Å²) >= 11 is 0. The molecule has 1 aliphatic rings. The second kappa shape index (κ2) is 5.92. The van der Waals surface area contributed by atoms with Crippen molar-refractivity contribution < 1.29 is 0 Å². The molecule has 2 heterocycles. The van der Waals surface area contributed by atoms with Crippen LogP contribution in [0, 0.1) is 0 Å². The number of rotatable bonds is 3. The fourth-order valence-corrected chi connectivity index (χ4v) is 3.47. The average Bonchev–Trinajstić information content (AvgIpc) is 3.54. The number of pyridine rings is 1. The molecule has 1 saturated carbocycles. The number of hydrogen-bond acceptors (Lipinski definition) is 3. The maximum Gasteiger partial charge on any atom is 0.280 e. The third-order valence-corrected chi connectivity index (χ3v) is 4.98. The summed E-state index contributed by atoms with van der Waals surface area (Å²) in [6, 6.07) is 18.5. The van der Waals surface area contributed by atoms with E-state index in [-0.39, 0.29) is 5.56 Å². The number of nitrogens with one attached hydrogen (secondary N) is 1. The van der Waals surface area contributed by atoms with Gasteiger partial charge < -0.3 is 4.98 Å². The fraction of sp³-hybridized carbons (Fsp3) is 0.136. The van der Waals surface area contributed by atoms with Gasteiger partial charge in [0.2, 0.25) is 0 Å². The molecule has 1 N–H and O–H groups in total. The molecular formula is C22H17N3O. The molecule has 126 valence electrons. The highest BCUT2D eigenvalue weighted by Crippen LogP contribution is 2.41. The Bertz CT molecular complexity index is 1180. The first-order chi connectivity index (χ1) is 12.8. The molecule has 2 aromatic carbocycles. The molecule has 0 aliphatic heterocycles. The van der Waals surface area contributed by atoms with Crippen LogP contribution in [-0.4, -0.2) is 15.0 Å². The Kier molecular flexibility index (Phi) is 3.42. The Labute approximate surface area is 150 Å². The van der Waals surface area contributed by atoms with Gasteiger partial charge in [0, 0.05) is 17.3 Å². The van der Waals surface area contributed by atoms with Crippen LogP contribution in [-0.2, 0) is 0 Å². The predicted molar refractivity (Wildman–Crippen MR) is 103 cm³/mol. The molecule has 4 aromatic rings. The van der Waals surface area contributed by atoms with Crippen molar-refractivity contribution >= 4 is 10.9 Å². The van der Waals surface area contributed by atoms with Gasteiger partial charge in [-0.2, -0.15) is 4.98 Å². The molecule has 5 rings (SSSR count). The van der Waals surface area contributed by atoms with E-state index < -0.39 is 0 Å². The summed E-state index contributed by atoms with van der Waals surface area (Å²) in [5, 5.41) is 0.589. The topological polar surface area (TPSA) is 58.6 Å². The molecule has 0 bridgehead atoms. The van der Waals surface area contributed by atoms with Gasteiger partial charge in [-0.05, 0) is 54.2 Å². The molecule has 1 aliphatic carbocycles. The van der Waals surface area contributed by atoms with Crippen molar-refractivity contribution in [3.8, 4) is 22.4 Å². The Balaban J connectivity index is 1.68. The van der Waals surface area contributed by atoms with Crippen LogP contribution in [0.3, 0.4) is 0 Å². The van der Waals surface area contributed by atoms with Crippen LogP contribution in [0.15, 0.2) is 71.9 Å². The minimum absolute atomic E-state index is 0.221. The first kappa shape index (κ1) is 15.0.